The summed E-state index contributed by atoms with van der Waals surface area (Å²) in [6, 6.07) is 70.1. The van der Waals surface area contributed by atoms with E-state index in [1.54, 1.807) is 0 Å². The number of nitrogens with zero attached hydrogens (tertiary/aromatic N) is 3. The van der Waals surface area contributed by atoms with E-state index >= 15 is 0 Å². The van der Waals surface area contributed by atoms with Crippen molar-refractivity contribution in [2.75, 3.05) is 9.80 Å². The summed E-state index contributed by atoms with van der Waals surface area (Å²) in [6.07, 6.45) is 0. The maximum absolute atomic E-state index is 9.24. The first-order chi connectivity index (χ1) is 35.5. The fourth-order valence-electron chi connectivity index (χ4n) is 12.3. The van der Waals surface area contributed by atoms with Gasteiger partial charge in [0.15, 0.2) is 0 Å². The monoisotopic (exact) mass is 874 g/mol. The summed E-state index contributed by atoms with van der Waals surface area (Å²) in [4.78, 5) is 4.26. The number of hydrogen-bond donors (Lipinski definition) is 0. The molecule has 0 fully saturated rings. The van der Waals surface area contributed by atoms with Crippen molar-refractivity contribution >= 4 is 55.9 Å². The Kier molecular flexibility index (Phi) is 7.15. The molecule has 322 valence electrons. The minimum Gasteiger partial charge on any atom is -0.344 e. The van der Waals surface area contributed by atoms with Gasteiger partial charge in [0, 0.05) is 68.4 Å². The molecule has 0 saturated carbocycles. The molecule has 1 aromatic heterocycles. The highest BCUT2D eigenvalue weighted by atomic mass is 15.1. The standard InChI is InChI=1S/C65H47N3/c1-64(2)56-26-14-10-22-48(56)51-34-30-45(39-59(51)64)68(44-33-37-63-55(38-44)54-25-13-17-29-62(54)66(63)3)47-32-36-53-50-24-12-16-28-58(50)65(61(53)41-47)57-27-15-11-23-49(57)52-35-31-46(40-60(52)65)67(42-18-6-4-7-19-42)43-20-8-5-9-21-43/h4-41H,1-3H3/i4D,6D,7D,18D,19D. The number of hydrogen-bond acceptors (Lipinski definition) is 2. The van der Waals surface area contributed by atoms with Gasteiger partial charge in [-0.15, -0.1) is 0 Å². The van der Waals surface area contributed by atoms with Crippen molar-refractivity contribution in [1.82, 2.24) is 4.57 Å². The largest absolute Gasteiger partial charge is 0.344 e. The zero-order valence-corrected chi connectivity index (χ0v) is 37.9. The highest BCUT2D eigenvalue weighted by Gasteiger charge is 2.52. The van der Waals surface area contributed by atoms with E-state index in [9.17, 15) is 2.74 Å². The summed E-state index contributed by atoms with van der Waals surface area (Å²) < 4.78 is 46.8. The number of rotatable bonds is 6. The van der Waals surface area contributed by atoms with Crippen LogP contribution in [0.5, 0.6) is 0 Å². The summed E-state index contributed by atoms with van der Waals surface area (Å²) in [5, 5.41) is 2.40. The average Bonchev–Trinajstić information content (AvgIpc) is 4.08. The lowest BCUT2D eigenvalue weighted by Crippen LogP contribution is -2.26. The Labute approximate surface area is 404 Å². The molecule has 10 aromatic carbocycles. The van der Waals surface area contributed by atoms with Gasteiger partial charge in [-0.1, -0.05) is 159 Å². The second-order valence-corrected chi connectivity index (χ2v) is 19.0. The molecule has 1 atom stereocenters. The van der Waals surface area contributed by atoms with Gasteiger partial charge in [0.25, 0.3) is 0 Å². The summed E-state index contributed by atoms with van der Waals surface area (Å²) in [5.74, 6) is 0. The summed E-state index contributed by atoms with van der Waals surface area (Å²) in [6.45, 7) is 4.68. The SMILES string of the molecule is [2H]c1c([2H])c([2H])c(N(c2ccccc2)c2ccc3c(c2)C2(c4ccccc4-c4ccc(N(c5ccc6c(c5)C(C)(C)c5ccccc5-6)c5ccc6c(c5)c5ccccc5n6C)cc42)c2ccccc2-3)c([2H])c1[2H]. The third-order valence-electron chi connectivity index (χ3n) is 15.3. The van der Waals surface area contributed by atoms with Crippen LogP contribution in [0.15, 0.2) is 230 Å². The molecule has 3 aliphatic rings. The molecule has 1 spiro atoms. The minimum atomic E-state index is -0.793. The molecule has 0 saturated heterocycles. The molecule has 14 rings (SSSR count). The maximum atomic E-state index is 9.24. The smallest absolute Gasteiger partial charge is 0.0727 e. The maximum Gasteiger partial charge on any atom is 0.0727 e. The van der Waals surface area contributed by atoms with E-state index in [4.69, 9.17) is 4.11 Å². The molecule has 11 aromatic rings. The van der Waals surface area contributed by atoms with E-state index in [1.165, 1.54) is 55.2 Å². The zero-order valence-electron chi connectivity index (χ0n) is 42.9. The molecule has 0 amide bonds. The second-order valence-electron chi connectivity index (χ2n) is 19.0. The summed E-state index contributed by atoms with van der Waals surface area (Å²) in [7, 11) is 2.14. The quantitative estimate of drug-likeness (QED) is 0.165. The second kappa shape index (κ2) is 14.3. The number of benzene rings is 10. The summed E-state index contributed by atoms with van der Waals surface area (Å²) >= 11 is 0. The predicted molar refractivity (Wildman–Crippen MR) is 284 cm³/mol. The first kappa shape index (κ1) is 34.0. The Morgan fingerprint density at radius 1 is 0.353 bits per heavy atom. The van der Waals surface area contributed by atoms with E-state index < -0.39 is 11.5 Å². The lowest BCUT2D eigenvalue weighted by atomic mass is 9.70. The van der Waals surface area contributed by atoms with Gasteiger partial charge in [0.2, 0.25) is 0 Å². The molecule has 3 nitrogen and oxygen atoms in total. The fraction of sp³-hybridized carbons (Fsp3) is 0.0769. The van der Waals surface area contributed by atoms with Crippen LogP contribution < -0.4 is 9.80 Å². The topological polar surface area (TPSA) is 11.4 Å². The van der Waals surface area contributed by atoms with Crippen LogP contribution in [-0.4, -0.2) is 4.57 Å². The van der Waals surface area contributed by atoms with Gasteiger partial charge in [-0.05, 0) is 152 Å². The van der Waals surface area contributed by atoms with Crippen molar-refractivity contribution in [2.45, 2.75) is 24.7 Å². The first-order valence-corrected chi connectivity index (χ1v) is 23.4. The van der Waals surface area contributed by atoms with Gasteiger partial charge < -0.3 is 14.4 Å². The lowest BCUT2D eigenvalue weighted by Gasteiger charge is -2.33. The number of aryl methyl sites for hydroxylation is 1. The van der Waals surface area contributed by atoms with Gasteiger partial charge >= 0.3 is 0 Å². The van der Waals surface area contributed by atoms with Gasteiger partial charge in [-0.2, -0.15) is 0 Å². The number of anilines is 6. The van der Waals surface area contributed by atoms with Crippen LogP contribution in [0, 0.1) is 0 Å². The molecular formula is C65H47N3. The van der Waals surface area contributed by atoms with Gasteiger partial charge in [0.05, 0.1) is 12.3 Å². The molecule has 3 heteroatoms. The molecular weight excluding hydrogens is 823 g/mol. The van der Waals surface area contributed by atoms with Crippen molar-refractivity contribution in [3.05, 3.63) is 264 Å². The molecule has 3 aliphatic carbocycles. The van der Waals surface area contributed by atoms with E-state index in [0.29, 0.717) is 11.4 Å². The van der Waals surface area contributed by atoms with Crippen molar-refractivity contribution < 1.29 is 6.85 Å². The van der Waals surface area contributed by atoms with Crippen LogP contribution in [0.2, 0.25) is 0 Å². The molecule has 0 N–H and O–H groups in total. The van der Waals surface area contributed by atoms with E-state index in [2.05, 4.69) is 194 Å². The minimum absolute atomic E-state index is 0.0932. The molecule has 1 unspecified atom stereocenters. The van der Waals surface area contributed by atoms with Crippen LogP contribution in [0.3, 0.4) is 0 Å². The van der Waals surface area contributed by atoms with Crippen LogP contribution >= 0.6 is 0 Å². The average molecular weight is 875 g/mol. The zero-order chi connectivity index (χ0) is 49.7. The Balaban J connectivity index is 1.03. The Hall–Kier alpha value is -8.40. The first-order valence-electron chi connectivity index (χ1n) is 25.9. The van der Waals surface area contributed by atoms with Gasteiger partial charge in [0.1, 0.15) is 0 Å². The number of aromatic nitrogens is 1. The Bertz CT molecular complexity index is 4130. The van der Waals surface area contributed by atoms with Gasteiger partial charge in [-0.3, -0.25) is 0 Å². The number of para-hydroxylation sites is 3. The highest BCUT2D eigenvalue weighted by molar-refractivity contribution is 6.09. The Morgan fingerprint density at radius 3 is 1.43 bits per heavy atom. The van der Waals surface area contributed by atoms with Crippen LogP contribution in [-0.2, 0) is 17.9 Å². The van der Waals surface area contributed by atoms with E-state index in [0.717, 1.165) is 50.4 Å². The van der Waals surface area contributed by atoms with Crippen LogP contribution in [0.1, 0.15) is 54.1 Å². The van der Waals surface area contributed by atoms with Crippen molar-refractivity contribution in [1.29, 1.82) is 0 Å². The third kappa shape index (κ3) is 5.24. The molecule has 0 bridgehead atoms. The summed E-state index contributed by atoms with van der Waals surface area (Å²) in [5.41, 5.74) is 20.2. The normalized spacial score (nSPS) is 16.5. The van der Waals surface area contributed by atoms with Crippen molar-refractivity contribution in [3.8, 4) is 33.4 Å². The van der Waals surface area contributed by atoms with E-state index in [-0.39, 0.29) is 35.3 Å². The van der Waals surface area contributed by atoms with Gasteiger partial charge in [-0.25, -0.2) is 0 Å². The Morgan fingerprint density at radius 2 is 0.794 bits per heavy atom. The molecule has 1 heterocycles. The van der Waals surface area contributed by atoms with E-state index in [1.807, 2.05) is 41.3 Å². The van der Waals surface area contributed by atoms with Crippen LogP contribution in [0.4, 0.5) is 34.1 Å². The molecule has 0 radical (unpaired) electrons. The highest BCUT2D eigenvalue weighted by Crippen LogP contribution is 2.64. The third-order valence-corrected chi connectivity index (χ3v) is 15.3. The molecule has 68 heavy (non-hydrogen) atoms. The number of fused-ring (bicyclic) bond motifs is 16. The predicted octanol–water partition coefficient (Wildman–Crippen LogP) is 16.9. The lowest BCUT2D eigenvalue weighted by molar-refractivity contribution is 0.660. The molecule has 0 aliphatic heterocycles. The fourth-order valence-corrected chi connectivity index (χ4v) is 12.3. The van der Waals surface area contributed by atoms with Crippen LogP contribution in [0.25, 0.3) is 55.2 Å². The van der Waals surface area contributed by atoms with Crippen molar-refractivity contribution in [2.24, 2.45) is 7.05 Å². The van der Waals surface area contributed by atoms with Crippen molar-refractivity contribution in [3.63, 3.8) is 0 Å².